The molecule has 0 radical (unpaired) electrons. The van der Waals surface area contributed by atoms with E-state index in [1.165, 1.54) is 0 Å². The average molecular weight is 395 g/mol. The highest BCUT2D eigenvalue weighted by molar-refractivity contribution is 9.10. The van der Waals surface area contributed by atoms with Crippen molar-refractivity contribution in [3.63, 3.8) is 0 Å². The first-order valence-electron chi connectivity index (χ1n) is 7.29. The Morgan fingerprint density at radius 1 is 1.17 bits per heavy atom. The number of ether oxygens (including phenoxy) is 1. The summed E-state index contributed by atoms with van der Waals surface area (Å²) in [5, 5.41) is 9.12. The van der Waals surface area contributed by atoms with Crippen molar-refractivity contribution < 1.29 is 14.6 Å². The Bertz CT molecular complexity index is 626. The minimum Gasteiger partial charge on any atom is -0.497 e. The Kier molecular flexibility index (Phi) is 7.15. The highest BCUT2D eigenvalue weighted by Crippen LogP contribution is 2.34. The molecule has 2 aromatic carbocycles. The highest BCUT2D eigenvalue weighted by Gasteiger charge is 2.18. The van der Waals surface area contributed by atoms with Gasteiger partial charge in [0.1, 0.15) is 5.75 Å². The standard InChI is InChI=1S/C18H19BrO3S/c1-22-16-8-4-13(5-9-16)17(21)12-18(23-11-10-20)14-2-6-15(19)7-3-14/h2-9,18,20H,10-12H2,1H3. The lowest BCUT2D eigenvalue weighted by Crippen LogP contribution is -2.07. The van der Waals surface area contributed by atoms with Gasteiger partial charge in [0.05, 0.1) is 13.7 Å². The molecule has 0 amide bonds. The summed E-state index contributed by atoms with van der Waals surface area (Å²) in [5.41, 5.74) is 1.77. The van der Waals surface area contributed by atoms with Crippen molar-refractivity contribution in [3.05, 3.63) is 64.1 Å². The predicted octanol–water partition coefficient (Wildman–Crippen LogP) is 4.50. The molecule has 2 aromatic rings. The van der Waals surface area contributed by atoms with Gasteiger partial charge in [0.15, 0.2) is 5.78 Å². The van der Waals surface area contributed by atoms with Gasteiger partial charge in [-0.25, -0.2) is 0 Å². The largest absolute Gasteiger partial charge is 0.497 e. The summed E-state index contributed by atoms with van der Waals surface area (Å²) in [5.74, 6) is 1.43. The third kappa shape index (κ3) is 5.37. The maximum absolute atomic E-state index is 12.5. The zero-order valence-corrected chi connectivity index (χ0v) is 15.3. The second-order valence-corrected chi connectivity index (χ2v) is 7.22. The maximum atomic E-state index is 12.5. The number of hydrogen-bond acceptors (Lipinski definition) is 4. The summed E-state index contributed by atoms with van der Waals surface area (Å²) >= 11 is 5.02. The van der Waals surface area contributed by atoms with Gasteiger partial charge < -0.3 is 9.84 Å². The van der Waals surface area contributed by atoms with Crippen LogP contribution in [0.2, 0.25) is 0 Å². The normalized spacial score (nSPS) is 12.0. The van der Waals surface area contributed by atoms with Gasteiger partial charge in [-0.15, -0.1) is 0 Å². The van der Waals surface area contributed by atoms with Crippen LogP contribution in [0.3, 0.4) is 0 Å². The van der Waals surface area contributed by atoms with E-state index in [-0.39, 0.29) is 17.6 Å². The van der Waals surface area contributed by atoms with Gasteiger partial charge in [-0.2, -0.15) is 11.8 Å². The number of aliphatic hydroxyl groups excluding tert-OH is 1. The van der Waals surface area contributed by atoms with Gasteiger partial charge in [0.25, 0.3) is 0 Å². The van der Waals surface area contributed by atoms with Crippen LogP contribution in [0.4, 0.5) is 0 Å². The number of Topliss-reactive ketones (excluding diaryl/α,β-unsaturated/α-hetero) is 1. The first-order valence-corrected chi connectivity index (χ1v) is 9.13. The van der Waals surface area contributed by atoms with E-state index in [2.05, 4.69) is 15.9 Å². The van der Waals surface area contributed by atoms with E-state index < -0.39 is 0 Å². The summed E-state index contributed by atoms with van der Waals surface area (Å²) in [4.78, 5) is 12.5. The highest BCUT2D eigenvalue weighted by atomic mass is 79.9. The smallest absolute Gasteiger partial charge is 0.164 e. The van der Waals surface area contributed by atoms with Crippen LogP contribution < -0.4 is 4.74 Å². The molecule has 0 aromatic heterocycles. The van der Waals surface area contributed by atoms with Gasteiger partial charge in [-0.1, -0.05) is 28.1 Å². The number of carbonyl (C=O) groups is 1. The van der Waals surface area contributed by atoms with E-state index in [1.807, 2.05) is 24.3 Å². The third-order valence-electron chi connectivity index (χ3n) is 3.43. The van der Waals surface area contributed by atoms with Crippen LogP contribution in [-0.4, -0.2) is 30.4 Å². The molecule has 1 unspecified atom stereocenters. The molecule has 0 aliphatic rings. The molecular weight excluding hydrogens is 376 g/mol. The predicted molar refractivity (Wildman–Crippen MR) is 98.4 cm³/mol. The summed E-state index contributed by atoms with van der Waals surface area (Å²) in [6.07, 6.45) is 0.401. The van der Waals surface area contributed by atoms with E-state index in [4.69, 9.17) is 9.84 Å². The van der Waals surface area contributed by atoms with Crippen molar-refractivity contribution in [1.29, 1.82) is 0 Å². The van der Waals surface area contributed by atoms with Gasteiger partial charge in [0.2, 0.25) is 0 Å². The first kappa shape index (κ1) is 18.0. The SMILES string of the molecule is COc1ccc(C(=O)CC(SCCO)c2ccc(Br)cc2)cc1. The lowest BCUT2D eigenvalue weighted by Gasteiger charge is -2.16. The minimum atomic E-state index is 0.0323. The second kappa shape index (κ2) is 9.11. The van der Waals surface area contributed by atoms with Crippen molar-refractivity contribution >= 4 is 33.5 Å². The van der Waals surface area contributed by atoms with Crippen LogP contribution in [0.25, 0.3) is 0 Å². The van der Waals surface area contributed by atoms with E-state index >= 15 is 0 Å². The number of halogens is 1. The first-order chi connectivity index (χ1) is 11.1. The van der Waals surface area contributed by atoms with Crippen LogP contribution in [0, 0.1) is 0 Å². The second-order valence-electron chi connectivity index (χ2n) is 4.99. The number of hydrogen-bond donors (Lipinski definition) is 1. The molecule has 2 rings (SSSR count). The topological polar surface area (TPSA) is 46.5 Å². The molecule has 3 nitrogen and oxygen atoms in total. The molecule has 0 saturated carbocycles. The molecule has 0 spiro atoms. The third-order valence-corrected chi connectivity index (χ3v) is 5.22. The van der Waals surface area contributed by atoms with Crippen molar-refractivity contribution in [2.24, 2.45) is 0 Å². The van der Waals surface area contributed by atoms with E-state index in [0.29, 0.717) is 17.7 Å². The molecule has 0 heterocycles. The molecular formula is C18H19BrO3S. The number of benzene rings is 2. The Morgan fingerprint density at radius 2 is 1.83 bits per heavy atom. The number of ketones is 1. The quantitative estimate of drug-likeness (QED) is 0.669. The van der Waals surface area contributed by atoms with Crippen LogP contribution in [-0.2, 0) is 0 Å². The molecule has 1 N–H and O–H groups in total. The molecule has 0 saturated heterocycles. The number of methoxy groups -OCH3 is 1. The molecule has 122 valence electrons. The van der Waals surface area contributed by atoms with Crippen molar-refractivity contribution in [3.8, 4) is 5.75 Å². The molecule has 5 heteroatoms. The Morgan fingerprint density at radius 3 is 2.39 bits per heavy atom. The van der Waals surface area contributed by atoms with Crippen molar-refractivity contribution in [2.75, 3.05) is 19.5 Å². The fraction of sp³-hybridized carbons (Fsp3) is 0.278. The summed E-state index contributed by atoms with van der Waals surface area (Å²) < 4.78 is 6.12. The Hall–Kier alpha value is -1.30. The summed E-state index contributed by atoms with van der Waals surface area (Å²) in [7, 11) is 1.60. The maximum Gasteiger partial charge on any atom is 0.164 e. The summed E-state index contributed by atoms with van der Waals surface area (Å²) in [6, 6.07) is 15.1. The molecule has 0 aliphatic heterocycles. The minimum absolute atomic E-state index is 0.0323. The Labute approximate surface area is 149 Å². The van der Waals surface area contributed by atoms with E-state index in [9.17, 15) is 4.79 Å². The number of rotatable bonds is 8. The van der Waals surface area contributed by atoms with Crippen molar-refractivity contribution in [2.45, 2.75) is 11.7 Å². The van der Waals surface area contributed by atoms with Gasteiger partial charge in [-0.05, 0) is 42.0 Å². The lowest BCUT2D eigenvalue weighted by molar-refractivity contribution is 0.0982. The van der Waals surface area contributed by atoms with Crippen LogP contribution in [0.5, 0.6) is 5.75 Å². The van der Waals surface area contributed by atoms with Crippen LogP contribution in [0.15, 0.2) is 53.0 Å². The fourth-order valence-corrected chi connectivity index (χ4v) is 3.48. The number of thioether (sulfide) groups is 1. The molecule has 23 heavy (non-hydrogen) atoms. The lowest BCUT2D eigenvalue weighted by atomic mass is 10.0. The van der Waals surface area contributed by atoms with Gasteiger partial charge >= 0.3 is 0 Å². The van der Waals surface area contributed by atoms with Crippen molar-refractivity contribution in [1.82, 2.24) is 0 Å². The van der Waals surface area contributed by atoms with Crippen LogP contribution in [0.1, 0.15) is 27.6 Å². The monoisotopic (exact) mass is 394 g/mol. The average Bonchev–Trinajstić information content (AvgIpc) is 2.59. The van der Waals surface area contributed by atoms with E-state index in [0.717, 1.165) is 15.8 Å². The fourth-order valence-electron chi connectivity index (χ4n) is 2.21. The van der Waals surface area contributed by atoms with E-state index in [1.54, 1.807) is 43.1 Å². The van der Waals surface area contributed by atoms with Gasteiger partial charge in [-0.3, -0.25) is 4.79 Å². The van der Waals surface area contributed by atoms with Crippen LogP contribution >= 0.6 is 27.7 Å². The van der Waals surface area contributed by atoms with Gasteiger partial charge in [0, 0.05) is 27.5 Å². The zero-order chi connectivity index (χ0) is 16.7. The Balaban J connectivity index is 2.12. The molecule has 0 bridgehead atoms. The summed E-state index contributed by atoms with van der Waals surface area (Å²) in [6.45, 7) is 0.106. The molecule has 0 fully saturated rings. The number of carbonyl (C=O) groups excluding carboxylic acids is 1. The number of aliphatic hydroxyl groups is 1. The zero-order valence-electron chi connectivity index (χ0n) is 12.9. The molecule has 1 atom stereocenters. The molecule has 0 aliphatic carbocycles.